The zero-order valence-electron chi connectivity index (χ0n) is 18.8. The summed E-state index contributed by atoms with van der Waals surface area (Å²) in [6.45, 7) is 2.06. The standard InChI is InChI=1S/C30H22N4/c1-19-12-14-21(15-13-19)24-16-23(20-8-4-2-5-9-20)25(17-31)29-28(24)27(22-10-6-3-7-11-22)26(18-32)30(33)34-29/h2-15,24H,16H2,1H3,(H2,33,34). The summed E-state index contributed by atoms with van der Waals surface area (Å²) in [5, 5.41) is 20.3. The number of nitriles is 2. The monoisotopic (exact) mass is 438 g/mol. The number of nitrogens with two attached hydrogens (primary N) is 1. The van der Waals surface area contributed by atoms with Gasteiger partial charge < -0.3 is 5.73 Å². The molecule has 4 aromatic rings. The van der Waals surface area contributed by atoms with E-state index in [1.54, 1.807) is 0 Å². The Kier molecular flexibility index (Phi) is 5.42. The van der Waals surface area contributed by atoms with Gasteiger partial charge in [0.1, 0.15) is 23.5 Å². The summed E-state index contributed by atoms with van der Waals surface area (Å²) in [6.07, 6.45) is 0.624. The average Bonchev–Trinajstić information content (AvgIpc) is 2.88. The average molecular weight is 439 g/mol. The van der Waals surface area contributed by atoms with Crippen LogP contribution in [0.2, 0.25) is 0 Å². The van der Waals surface area contributed by atoms with Crippen LogP contribution < -0.4 is 5.73 Å². The third-order valence-electron chi connectivity index (χ3n) is 6.45. The van der Waals surface area contributed by atoms with Crippen LogP contribution in [0.3, 0.4) is 0 Å². The number of hydrogen-bond acceptors (Lipinski definition) is 4. The van der Waals surface area contributed by atoms with Gasteiger partial charge in [0.15, 0.2) is 0 Å². The molecule has 0 aliphatic heterocycles. The SMILES string of the molecule is Cc1ccc(C2CC(c3ccccc3)=C(C#N)c3nc(N)c(C#N)c(-c4ccccc4)c32)cc1. The normalized spacial score (nSPS) is 14.7. The number of hydrogen-bond donors (Lipinski definition) is 1. The summed E-state index contributed by atoms with van der Waals surface area (Å²) >= 11 is 0. The lowest BCUT2D eigenvalue weighted by Gasteiger charge is -2.31. The molecule has 5 rings (SSSR count). The molecule has 4 nitrogen and oxygen atoms in total. The summed E-state index contributed by atoms with van der Waals surface area (Å²) in [6, 6.07) is 32.9. The van der Waals surface area contributed by atoms with Gasteiger partial charge in [-0.3, -0.25) is 0 Å². The summed E-state index contributed by atoms with van der Waals surface area (Å²) in [7, 11) is 0. The molecule has 0 saturated carbocycles. The number of nitrogens with zero attached hydrogens (tertiary/aromatic N) is 3. The Morgan fingerprint density at radius 3 is 2.03 bits per heavy atom. The largest absolute Gasteiger partial charge is 0.383 e. The molecule has 1 atom stereocenters. The topological polar surface area (TPSA) is 86.5 Å². The molecule has 0 amide bonds. The summed E-state index contributed by atoms with van der Waals surface area (Å²) in [5.74, 6) is 0.0585. The minimum atomic E-state index is -0.0849. The van der Waals surface area contributed by atoms with Crippen molar-refractivity contribution in [1.82, 2.24) is 4.98 Å². The number of aromatic nitrogens is 1. The van der Waals surface area contributed by atoms with Crippen molar-refractivity contribution in [2.75, 3.05) is 5.73 Å². The van der Waals surface area contributed by atoms with Crippen molar-refractivity contribution in [3.05, 3.63) is 118 Å². The van der Waals surface area contributed by atoms with Crippen LogP contribution in [0.25, 0.3) is 22.3 Å². The van der Waals surface area contributed by atoms with Crippen LogP contribution >= 0.6 is 0 Å². The number of nitrogen functional groups attached to an aromatic ring is 1. The van der Waals surface area contributed by atoms with Crippen LogP contribution in [0.5, 0.6) is 0 Å². The van der Waals surface area contributed by atoms with Crippen LogP contribution in [0.1, 0.15) is 45.8 Å². The third kappa shape index (κ3) is 3.52. The van der Waals surface area contributed by atoms with E-state index in [9.17, 15) is 10.5 Å². The molecule has 1 unspecified atom stereocenters. The van der Waals surface area contributed by atoms with Gasteiger partial charge in [0.2, 0.25) is 0 Å². The molecule has 0 bridgehead atoms. The second-order valence-electron chi connectivity index (χ2n) is 8.49. The number of anilines is 1. The minimum Gasteiger partial charge on any atom is -0.383 e. The molecular formula is C30H22N4. The van der Waals surface area contributed by atoms with Gasteiger partial charge in [0.25, 0.3) is 0 Å². The number of allylic oxidation sites excluding steroid dienone is 2. The van der Waals surface area contributed by atoms with Gasteiger partial charge in [-0.25, -0.2) is 4.98 Å². The van der Waals surface area contributed by atoms with E-state index < -0.39 is 0 Å². The van der Waals surface area contributed by atoms with Crippen molar-refractivity contribution in [2.45, 2.75) is 19.3 Å². The maximum absolute atomic E-state index is 10.3. The molecule has 1 heterocycles. The smallest absolute Gasteiger partial charge is 0.142 e. The second-order valence-corrected chi connectivity index (χ2v) is 8.49. The van der Waals surface area contributed by atoms with Crippen molar-refractivity contribution < 1.29 is 0 Å². The van der Waals surface area contributed by atoms with Crippen molar-refractivity contribution in [2.24, 2.45) is 0 Å². The highest BCUT2D eigenvalue weighted by atomic mass is 14.9. The Labute approximate surface area is 199 Å². The number of benzene rings is 3. The molecule has 0 saturated heterocycles. The molecule has 0 fully saturated rings. The first-order chi connectivity index (χ1) is 16.6. The highest BCUT2D eigenvalue weighted by Crippen LogP contribution is 2.50. The fourth-order valence-electron chi connectivity index (χ4n) is 4.82. The lowest BCUT2D eigenvalue weighted by atomic mass is 9.72. The Bertz CT molecular complexity index is 1490. The number of aryl methyl sites for hydroxylation is 1. The van der Waals surface area contributed by atoms with Crippen LogP contribution in [-0.4, -0.2) is 4.98 Å². The third-order valence-corrected chi connectivity index (χ3v) is 6.45. The summed E-state index contributed by atoms with van der Waals surface area (Å²) in [5.41, 5.74) is 14.5. The van der Waals surface area contributed by atoms with Crippen molar-refractivity contribution in [3.8, 4) is 23.3 Å². The molecule has 1 aromatic heterocycles. The van der Waals surface area contributed by atoms with Crippen molar-refractivity contribution in [1.29, 1.82) is 10.5 Å². The second kappa shape index (κ2) is 8.70. The number of fused-ring (bicyclic) bond motifs is 1. The lowest BCUT2D eigenvalue weighted by molar-refractivity contribution is 0.820. The molecule has 0 spiro atoms. The van der Waals surface area contributed by atoms with Crippen LogP contribution in [0, 0.1) is 29.6 Å². The molecule has 1 aliphatic carbocycles. The fraction of sp³-hybridized carbons (Fsp3) is 0.100. The van der Waals surface area contributed by atoms with E-state index in [0.717, 1.165) is 33.4 Å². The van der Waals surface area contributed by atoms with Gasteiger partial charge in [-0.1, -0.05) is 90.5 Å². The van der Waals surface area contributed by atoms with E-state index in [1.165, 1.54) is 5.56 Å². The summed E-state index contributed by atoms with van der Waals surface area (Å²) in [4.78, 5) is 4.67. The zero-order valence-corrected chi connectivity index (χ0v) is 18.8. The zero-order chi connectivity index (χ0) is 23.7. The maximum atomic E-state index is 10.3. The van der Waals surface area contributed by atoms with Gasteiger partial charge in [0.05, 0.1) is 11.3 Å². The van der Waals surface area contributed by atoms with Crippen molar-refractivity contribution in [3.63, 3.8) is 0 Å². The van der Waals surface area contributed by atoms with E-state index in [0.29, 0.717) is 23.3 Å². The molecule has 4 heteroatoms. The summed E-state index contributed by atoms with van der Waals surface area (Å²) < 4.78 is 0. The van der Waals surface area contributed by atoms with Gasteiger partial charge in [-0.15, -0.1) is 0 Å². The molecular weight excluding hydrogens is 416 g/mol. The fourth-order valence-corrected chi connectivity index (χ4v) is 4.82. The molecule has 34 heavy (non-hydrogen) atoms. The van der Waals surface area contributed by atoms with Crippen LogP contribution in [0.15, 0.2) is 84.9 Å². The van der Waals surface area contributed by atoms with E-state index in [4.69, 9.17) is 5.73 Å². The molecule has 2 N–H and O–H groups in total. The van der Waals surface area contributed by atoms with E-state index in [-0.39, 0.29) is 11.7 Å². The van der Waals surface area contributed by atoms with Gasteiger partial charge in [-0.2, -0.15) is 10.5 Å². The first kappa shape index (κ1) is 21.2. The van der Waals surface area contributed by atoms with E-state index >= 15 is 0 Å². The molecule has 1 aliphatic rings. The highest BCUT2D eigenvalue weighted by molar-refractivity contribution is 6.02. The van der Waals surface area contributed by atoms with Gasteiger partial charge >= 0.3 is 0 Å². The van der Waals surface area contributed by atoms with Crippen LogP contribution in [-0.2, 0) is 0 Å². The van der Waals surface area contributed by atoms with Gasteiger partial charge in [0, 0.05) is 11.5 Å². The highest BCUT2D eigenvalue weighted by Gasteiger charge is 2.34. The van der Waals surface area contributed by atoms with Crippen LogP contribution in [0.4, 0.5) is 5.82 Å². The minimum absolute atomic E-state index is 0.0849. The predicted octanol–water partition coefficient (Wildman–Crippen LogP) is 6.48. The quantitative estimate of drug-likeness (QED) is 0.396. The van der Waals surface area contributed by atoms with Gasteiger partial charge in [-0.05, 0) is 41.2 Å². The number of rotatable bonds is 3. The predicted molar refractivity (Wildman–Crippen MR) is 135 cm³/mol. The first-order valence-corrected chi connectivity index (χ1v) is 11.2. The number of pyridine rings is 1. The van der Waals surface area contributed by atoms with E-state index in [1.807, 2.05) is 60.7 Å². The Balaban J connectivity index is 1.90. The first-order valence-electron chi connectivity index (χ1n) is 11.2. The lowest BCUT2D eigenvalue weighted by Crippen LogP contribution is -2.17. The maximum Gasteiger partial charge on any atom is 0.142 e. The molecule has 0 radical (unpaired) electrons. The Morgan fingerprint density at radius 2 is 1.44 bits per heavy atom. The molecule has 3 aromatic carbocycles. The van der Waals surface area contributed by atoms with E-state index in [2.05, 4.69) is 48.3 Å². The Hall–Kier alpha value is -4.67. The Morgan fingerprint density at radius 1 is 0.824 bits per heavy atom. The molecule has 162 valence electrons. The van der Waals surface area contributed by atoms with Crippen molar-refractivity contribution >= 4 is 17.0 Å².